The van der Waals surface area contributed by atoms with E-state index in [2.05, 4.69) is 5.32 Å². The molecule has 0 spiro atoms. The Balaban J connectivity index is 1.76. The Labute approximate surface area is 84.0 Å². The SMILES string of the molecule is c1ccc(OCC2CCNCO2)cc1. The summed E-state index contributed by atoms with van der Waals surface area (Å²) < 4.78 is 11.1. The first-order chi connectivity index (χ1) is 6.95. The molecule has 1 aliphatic heterocycles. The van der Waals surface area contributed by atoms with Crippen molar-refractivity contribution in [3.8, 4) is 5.75 Å². The van der Waals surface area contributed by atoms with Gasteiger partial charge in [0.05, 0.1) is 12.8 Å². The number of rotatable bonds is 3. The van der Waals surface area contributed by atoms with E-state index < -0.39 is 0 Å². The number of benzene rings is 1. The topological polar surface area (TPSA) is 30.5 Å². The third-order valence-electron chi connectivity index (χ3n) is 2.24. The molecular weight excluding hydrogens is 178 g/mol. The Morgan fingerprint density at radius 1 is 1.36 bits per heavy atom. The standard InChI is InChI=1S/C11H15NO2/c1-2-4-10(5-3-1)13-8-11-6-7-12-9-14-11/h1-5,11-12H,6-9H2. The molecule has 0 amide bonds. The van der Waals surface area contributed by atoms with Crippen LogP contribution in [0.5, 0.6) is 5.75 Å². The van der Waals surface area contributed by atoms with Crippen LogP contribution < -0.4 is 10.1 Å². The van der Waals surface area contributed by atoms with Gasteiger partial charge < -0.3 is 9.47 Å². The van der Waals surface area contributed by atoms with E-state index in [1.54, 1.807) is 0 Å². The molecule has 3 heteroatoms. The van der Waals surface area contributed by atoms with Crippen LogP contribution in [0.3, 0.4) is 0 Å². The average molecular weight is 193 g/mol. The molecule has 1 aliphatic rings. The molecule has 1 saturated heterocycles. The van der Waals surface area contributed by atoms with Crippen molar-refractivity contribution in [2.75, 3.05) is 19.9 Å². The van der Waals surface area contributed by atoms with Gasteiger partial charge in [0.15, 0.2) is 0 Å². The van der Waals surface area contributed by atoms with Gasteiger partial charge in [0.25, 0.3) is 0 Å². The second-order valence-electron chi connectivity index (χ2n) is 3.35. The van der Waals surface area contributed by atoms with Crippen LogP contribution in [0, 0.1) is 0 Å². The Morgan fingerprint density at radius 2 is 2.21 bits per heavy atom. The lowest BCUT2D eigenvalue weighted by molar-refractivity contribution is -0.0181. The van der Waals surface area contributed by atoms with Crippen molar-refractivity contribution >= 4 is 0 Å². The molecule has 1 N–H and O–H groups in total. The van der Waals surface area contributed by atoms with Crippen molar-refractivity contribution in [1.82, 2.24) is 5.32 Å². The van der Waals surface area contributed by atoms with E-state index in [1.165, 1.54) is 0 Å². The summed E-state index contributed by atoms with van der Waals surface area (Å²) in [6, 6.07) is 9.84. The van der Waals surface area contributed by atoms with Crippen LogP contribution in [0.1, 0.15) is 6.42 Å². The summed E-state index contributed by atoms with van der Waals surface area (Å²) in [5.74, 6) is 0.912. The molecule has 76 valence electrons. The van der Waals surface area contributed by atoms with Gasteiger partial charge in [-0.3, -0.25) is 5.32 Å². The van der Waals surface area contributed by atoms with Crippen molar-refractivity contribution < 1.29 is 9.47 Å². The monoisotopic (exact) mass is 193 g/mol. The van der Waals surface area contributed by atoms with E-state index in [-0.39, 0.29) is 6.10 Å². The van der Waals surface area contributed by atoms with E-state index >= 15 is 0 Å². The van der Waals surface area contributed by atoms with Gasteiger partial charge in [0.2, 0.25) is 0 Å². The average Bonchev–Trinajstić information content (AvgIpc) is 2.29. The molecular formula is C11H15NO2. The Bertz CT molecular complexity index is 257. The summed E-state index contributed by atoms with van der Waals surface area (Å²) in [4.78, 5) is 0. The number of ether oxygens (including phenoxy) is 2. The molecule has 14 heavy (non-hydrogen) atoms. The maximum atomic E-state index is 5.59. The fourth-order valence-electron chi connectivity index (χ4n) is 1.43. The summed E-state index contributed by atoms with van der Waals surface area (Å²) in [6.07, 6.45) is 1.25. The fraction of sp³-hybridized carbons (Fsp3) is 0.455. The van der Waals surface area contributed by atoms with E-state index in [0.29, 0.717) is 13.3 Å². The minimum Gasteiger partial charge on any atom is -0.491 e. The molecule has 2 rings (SSSR count). The van der Waals surface area contributed by atoms with Crippen molar-refractivity contribution in [3.05, 3.63) is 30.3 Å². The highest BCUT2D eigenvalue weighted by molar-refractivity contribution is 5.20. The Morgan fingerprint density at radius 3 is 2.93 bits per heavy atom. The lowest BCUT2D eigenvalue weighted by Crippen LogP contribution is -2.36. The third-order valence-corrected chi connectivity index (χ3v) is 2.24. The lowest BCUT2D eigenvalue weighted by atomic mass is 10.2. The number of nitrogens with one attached hydrogen (secondary N) is 1. The summed E-state index contributed by atoms with van der Waals surface area (Å²) in [6.45, 7) is 2.30. The van der Waals surface area contributed by atoms with Crippen LogP contribution in [0.25, 0.3) is 0 Å². The zero-order chi connectivity index (χ0) is 9.64. The zero-order valence-corrected chi connectivity index (χ0v) is 8.11. The van der Waals surface area contributed by atoms with Crippen LogP contribution in [0.4, 0.5) is 0 Å². The highest BCUT2D eigenvalue weighted by Gasteiger charge is 2.13. The molecule has 1 fully saturated rings. The fourth-order valence-corrected chi connectivity index (χ4v) is 1.43. The minimum absolute atomic E-state index is 0.233. The first-order valence-electron chi connectivity index (χ1n) is 4.95. The molecule has 0 saturated carbocycles. The molecule has 0 aromatic heterocycles. The molecule has 1 unspecified atom stereocenters. The molecule has 0 aliphatic carbocycles. The molecule has 3 nitrogen and oxygen atoms in total. The molecule has 0 radical (unpaired) electrons. The van der Waals surface area contributed by atoms with E-state index in [9.17, 15) is 0 Å². The Kier molecular flexibility index (Phi) is 3.38. The normalized spacial score (nSPS) is 21.9. The van der Waals surface area contributed by atoms with Gasteiger partial charge in [-0.2, -0.15) is 0 Å². The Hall–Kier alpha value is -1.06. The molecule has 0 bridgehead atoms. The van der Waals surface area contributed by atoms with Gasteiger partial charge in [0.1, 0.15) is 12.4 Å². The highest BCUT2D eigenvalue weighted by atomic mass is 16.5. The zero-order valence-electron chi connectivity index (χ0n) is 8.11. The van der Waals surface area contributed by atoms with Crippen molar-refractivity contribution in [2.45, 2.75) is 12.5 Å². The molecule has 1 atom stereocenters. The van der Waals surface area contributed by atoms with Gasteiger partial charge in [0, 0.05) is 0 Å². The van der Waals surface area contributed by atoms with Crippen LogP contribution in [-0.4, -0.2) is 26.0 Å². The highest BCUT2D eigenvalue weighted by Crippen LogP contribution is 2.10. The van der Waals surface area contributed by atoms with Crippen molar-refractivity contribution in [2.24, 2.45) is 0 Å². The van der Waals surface area contributed by atoms with E-state index in [4.69, 9.17) is 9.47 Å². The quantitative estimate of drug-likeness (QED) is 0.787. The number of hydrogen-bond donors (Lipinski definition) is 1. The molecule has 1 aromatic rings. The second kappa shape index (κ2) is 4.98. The predicted molar refractivity (Wildman–Crippen MR) is 54.3 cm³/mol. The van der Waals surface area contributed by atoms with Crippen molar-refractivity contribution in [1.29, 1.82) is 0 Å². The summed E-state index contributed by atoms with van der Waals surface area (Å²) in [5, 5.41) is 3.14. The van der Waals surface area contributed by atoms with Gasteiger partial charge in [-0.1, -0.05) is 18.2 Å². The van der Waals surface area contributed by atoms with Gasteiger partial charge >= 0.3 is 0 Å². The van der Waals surface area contributed by atoms with E-state index in [0.717, 1.165) is 18.7 Å². The first kappa shape index (κ1) is 9.49. The maximum Gasteiger partial charge on any atom is 0.119 e. The molecule has 1 heterocycles. The lowest BCUT2D eigenvalue weighted by Gasteiger charge is -2.23. The summed E-state index contributed by atoms with van der Waals surface area (Å²) in [7, 11) is 0. The number of para-hydroxylation sites is 1. The minimum atomic E-state index is 0.233. The van der Waals surface area contributed by atoms with Gasteiger partial charge in [-0.25, -0.2) is 0 Å². The van der Waals surface area contributed by atoms with Crippen LogP contribution in [0.15, 0.2) is 30.3 Å². The van der Waals surface area contributed by atoms with Gasteiger partial charge in [-0.15, -0.1) is 0 Å². The second-order valence-corrected chi connectivity index (χ2v) is 3.35. The smallest absolute Gasteiger partial charge is 0.119 e. The van der Waals surface area contributed by atoms with E-state index in [1.807, 2.05) is 30.3 Å². The van der Waals surface area contributed by atoms with Crippen LogP contribution in [-0.2, 0) is 4.74 Å². The third kappa shape index (κ3) is 2.72. The summed E-state index contributed by atoms with van der Waals surface area (Å²) in [5.41, 5.74) is 0. The van der Waals surface area contributed by atoms with Crippen LogP contribution in [0.2, 0.25) is 0 Å². The maximum absolute atomic E-state index is 5.59. The largest absolute Gasteiger partial charge is 0.491 e. The number of hydrogen-bond acceptors (Lipinski definition) is 3. The first-order valence-corrected chi connectivity index (χ1v) is 4.95. The predicted octanol–water partition coefficient (Wildman–Crippen LogP) is 1.40. The van der Waals surface area contributed by atoms with Gasteiger partial charge in [-0.05, 0) is 25.1 Å². The summed E-state index contributed by atoms with van der Waals surface area (Å²) >= 11 is 0. The van der Waals surface area contributed by atoms with Crippen LogP contribution >= 0.6 is 0 Å². The molecule has 1 aromatic carbocycles. The van der Waals surface area contributed by atoms with Crippen molar-refractivity contribution in [3.63, 3.8) is 0 Å².